The minimum absolute atomic E-state index is 0.0663. The van der Waals surface area contributed by atoms with E-state index in [4.69, 9.17) is 9.47 Å². The summed E-state index contributed by atoms with van der Waals surface area (Å²) in [5, 5.41) is 0. The van der Waals surface area contributed by atoms with E-state index in [2.05, 4.69) is 27.7 Å². The molecule has 0 amide bonds. The van der Waals surface area contributed by atoms with Crippen LogP contribution >= 0.6 is 0 Å². The highest BCUT2D eigenvalue weighted by Gasteiger charge is 2.36. The zero-order valence-corrected chi connectivity index (χ0v) is 13.6. The number of rotatable bonds is 1. The van der Waals surface area contributed by atoms with Crippen molar-refractivity contribution in [2.45, 2.75) is 71.5 Å². The Balaban J connectivity index is 2.19. The third-order valence-electron chi connectivity index (χ3n) is 4.51. The Morgan fingerprint density at radius 1 is 1.00 bits per heavy atom. The number of hydrogen-bond donors (Lipinski definition) is 0. The molecule has 0 fully saturated rings. The summed E-state index contributed by atoms with van der Waals surface area (Å²) in [7, 11) is 0. The number of Topliss-reactive ketones (excluding diaryl/α,β-unsaturated/α-hetero) is 1. The number of aryl methyl sites for hydroxylation is 1. The second-order valence-electron chi connectivity index (χ2n) is 7.50. The minimum Gasteiger partial charge on any atom is -0.487 e. The maximum absolute atomic E-state index is 12.0. The van der Waals surface area contributed by atoms with Crippen LogP contribution in [0.4, 0.5) is 0 Å². The Labute approximate surface area is 126 Å². The van der Waals surface area contributed by atoms with E-state index in [0.717, 1.165) is 48.3 Å². The van der Waals surface area contributed by atoms with Crippen molar-refractivity contribution < 1.29 is 14.3 Å². The molecule has 0 saturated heterocycles. The number of ketones is 1. The van der Waals surface area contributed by atoms with Crippen LogP contribution in [0.1, 0.15) is 68.9 Å². The number of benzene rings is 1. The fourth-order valence-electron chi connectivity index (χ4n) is 3.20. The second kappa shape index (κ2) is 4.49. The van der Waals surface area contributed by atoms with Gasteiger partial charge in [-0.2, -0.15) is 0 Å². The van der Waals surface area contributed by atoms with Gasteiger partial charge in [-0.1, -0.05) is 0 Å². The van der Waals surface area contributed by atoms with Gasteiger partial charge in [-0.3, -0.25) is 4.79 Å². The molecule has 3 rings (SSSR count). The van der Waals surface area contributed by atoms with Crippen LogP contribution in [0, 0.1) is 0 Å². The van der Waals surface area contributed by atoms with Crippen molar-refractivity contribution in [3.8, 4) is 11.5 Å². The summed E-state index contributed by atoms with van der Waals surface area (Å²) in [5.41, 5.74) is 2.58. The van der Waals surface area contributed by atoms with Gasteiger partial charge in [-0.25, -0.2) is 0 Å². The topological polar surface area (TPSA) is 35.5 Å². The summed E-state index contributed by atoms with van der Waals surface area (Å²) in [6, 6.07) is 1.98. The first-order valence-electron chi connectivity index (χ1n) is 7.76. The first-order valence-corrected chi connectivity index (χ1v) is 7.76. The Morgan fingerprint density at radius 2 is 1.57 bits per heavy atom. The second-order valence-corrected chi connectivity index (χ2v) is 7.50. The summed E-state index contributed by atoms with van der Waals surface area (Å²) >= 11 is 0. The fourth-order valence-corrected chi connectivity index (χ4v) is 3.20. The average molecular weight is 288 g/mol. The lowest BCUT2D eigenvalue weighted by Gasteiger charge is -2.39. The van der Waals surface area contributed by atoms with E-state index in [1.807, 2.05) is 6.07 Å². The van der Waals surface area contributed by atoms with E-state index < -0.39 is 0 Å². The van der Waals surface area contributed by atoms with Crippen LogP contribution < -0.4 is 9.47 Å². The fraction of sp³-hybridized carbons (Fsp3) is 0.611. The summed E-state index contributed by atoms with van der Waals surface area (Å²) in [4.78, 5) is 12.0. The third kappa shape index (κ3) is 2.54. The number of ether oxygens (including phenoxy) is 2. The molecule has 0 atom stereocenters. The molecular formula is C18H24O3. The van der Waals surface area contributed by atoms with Crippen molar-refractivity contribution in [2.24, 2.45) is 0 Å². The Morgan fingerprint density at radius 3 is 2.19 bits per heavy atom. The van der Waals surface area contributed by atoms with Gasteiger partial charge >= 0.3 is 0 Å². The third-order valence-corrected chi connectivity index (χ3v) is 4.51. The molecule has 114 valence electrons. The number of carbonyl (C=O) groups excluding carboxylic acids is 1. The van der Waals surface area contributed by atoms with Crippen molar-refractivity contribution in [1.29, 1.82) is 0 Å². The Bertz CT molecular complexity index is 611. The van der Waals surface area contributed by atoms with E-state index >= 15 is 0 Å². The lowest BCUT2D eigenvalue weighted by atomic mass is 9.86. The molecule has 21 heavy (non-hydrogen) atoms. The summed E-state index contributed by atoms with van der Waals surface area (Å²) in [6.07, 6.45) is 3.78. The SMILES string of the molecule is CC(=O)c1cc2c(c3c1OC(C)(C)CC3)OC(C)(C)CC2. The van der Waals surface area contributed by atoms with Crippen LogP contribution in [-0.4, -0.2) is 17.0 Å². The van der Waals surface area contributed by atoms with E-state index in [1.165, 1.54) is 0 Å². The molecule has 2 heterocycles. The minimum atomic E-state index is -0.227. The molecule has 1 aromatic rings. The van der Waals surface area contributed by atoms with E-state index in [0.29, 0.717) is 5.56 Å². The first-order chi connectivity index (χ1) is 9.69. The first kappa shape index (κ1) is 14.4. The zero-order valence-electron chi connectivity index (χ0n) is 13.6. The van der Waals surface area contributed by atoms with Crippen LogP contribution in [0.2, 0.25) is 0 Å². The van der Waals surface area contributed by atoms with Gasteiger partial charge in [0, 0.05) is 5.56 Å². The summed E-state index contributed by atoms with van der Waals surface area (Å²) < 4.78 is 12.4. The van der Waals surface area contributed by atoms with Gasteiger partial charge in [-0.15, -0.1) is 0 Å². The van der Waals surface area contributed by atoms with Crippen LogP contribution in [0.15, 0.2) is 6.07 Å². The molecule has 3 nitrogen and oxygen atoms in total. The standard InChI is InChI=1S/C18H24O3/c1-11(19)14-10-12-6-8-17(2,3)20-15(12)13-7-9-18(4,5)21-16(13)14/h10H,6-9H2,1-5H3. The highest BCUT2D eigenvalue weighted by atomic mass is 16.5. The largest absolute Gasteiger partial charge is 0.487 e. The highest BCUT2D eigenvalue weighted by molar-refractivity contribution is 5.98. The molecule has 2 aliphatic rings. The van der Waals surface area contributed by atoms with Gasteiger partial charge in [-0.05, 0) is 71.9 Å². The summed E-state index contributed by atoms with van der Waals surface area (Å²) in [6.45, 7) is 10.00. The molecule has 0 unspecified atom stereocenters. The molecular weight excluding hydrogens is 264 g/mol. The number of carbonyl (C=O) groups is 1. The van der Waals surface area contributed by atoms with Gasteiger partial charge in [0.1, 0.15) is 22.7 Å². The van der Waals surface area contributed by atoms with Crippen LogP contribution in [0.3, 0.4) is 0 Å². The monoisotopic (exact) mass is 288 g/mol. The zero-order chi connectivity index (χ0) is 15.4. The lowest BCUT2D eigenvalue weighted by molar-refractivity contribution is 0.0654. The van der Waals surface area contributed by atoms with E-state index in [9.17, 15) is 4.79 Å². The molecule has 0 aliphatic carbocycles. The molecule has 0 N–H and O–H groups in total. The van der Waals surface area contributed by atoms with Crippen LogP contribution in [-0.2, 0) is 12.8 Å². The number of fused-ring (bicyclic) bond motifs is 3. The molecule has 2 aliphatic heterocycles. The maximum Gasteiger partial charge on any atom is 0.163 e. The van der Waals surface area contributed by atoms with Crippen LogP contribution in [0.25, 0.3) is 0 Å². The lowest BCUT2D eigenvalue weighted by Crippen LogP contribution is -2.37. The highest BCUT2D eigenvalue weighted by Crippen LogP contribution is 2.46. The molecule has 0 spiro atoms. The molecule has 0 aromatic heterocycles. The molecule has 3 heteroatoms. The van der Waals surface area contributed by atoms with Crippen molar-refractivity contribution in [3.63, 3.8) is 0 Å². The van der Waals surface area contributed by atoms with Gasteiger partial charge in [0.15, 0.2) is 5.78 Å². The van der Waals surface area contributed by atoms with Crippen LogP contribution in [0.5, 0.6) is 11.5 Å². The quantitative estimate of drug-likeness (QED) is 0.730. The average Bonchev–Trinajstić information content (AvgIpc) is 2.35. The van der Waals surface area contributed by atoms with E-state index in [-0.39, 0.29) is 17.0 Å². The van der Waals surface area contributed by atoms with Crippen molar-refractivity contribution in [3.05, 3.63) is 22.8 Å². The van der Waals surface area contributed by atoms with Crippen molar-refractivity contribution >= 4 is 5.78 Å². The number of hydrogen-bond acceptors (Lipinski definition) is 3. The Kier molecular flexibility index (Phi) is 3.09. The summed E-state index contributed by atoms with van der Waals surface area (Å²) in [5.74, 6) is 1.77. The predicted octanol–water partition coefficient (Wildman–Crippen LogP) is 4.10. The van der Waals surface area contributed by atoms with Crippen molar-refractivity contribution in [1.82, 2.24) is 0 Å². The molecule has 0 saturated carbocycles. The van der Waals surface area contributed by atoms with Crippen molar-refractivity contribution in [2.75, 3.05) is 0 Å². The van der Waals surface area contributed by atoms with Gasteiger partial charge in [0.05, 0.1) is 5.56 Å². The van der Waals surface area contributed by atoms with Gasteiger partial charge in [0.2, 0.25) is 0 Å². The van der Waals surface area contributed by atoms with Gasteiger partial charge in [0.25, 0.3) is 0 Å². The predicted molar refractivity (Wildman–Crippen MR) is 82.5 cm³/mol. The normalized spacial score (nSPS) is 21.6. The van der Waals surface area contributed by atoms with Gasteiger partial charge < -0.3 is 9.47 Å². The molecule has 0 bridgehead atoms. The smallest absolute Gasteiger partial charge is 0.163 e. The Hall–Kier alpha value is -1.51. The molecule has 0 radical (unpaired) electrons. The van der Waals surface area contributed by atoms with E-state index in [1.54, 1.807) is 6.92 Å². The molecule has 1 aromatic carbocycles. The maximum atomic E-state index is 12.0.